The van der Waals surface area contributed by atoms with Crippen molar-refractivity contribution in [1.29, 1.82) is 0 Å². The van der Waals surface area contributed by atoms with Crippen LogP contribution >= 0.6 is 0 Å². The lowest BCUT2D eigenvalue weighted by molar-refractivity contribution is -0.138. The van der Waals surface area contributed by atoms with Gasteiger partial charge in [0, 0.05) is 37.0 Å². The minimum absolute atomic E-state index is 0.0243. The van der Waals surface area contributed by atoms with Crippen molar-refractivity contribution >= 4 is 34.3 Å². The number of para-hydroxylation sites is 1. The van der Waals surface area contributed by atoms with Gasteiger partial charge in [-0.15, -0.1) is 5.10 Å². The van der Waals surface area contributed by atoms with E-state index < -0.39 is 0 Å². The largest absolute Gasteiger partial charge is 0.383 e. The number of likely N-dealkylation sites (tertiary alicyclic amines) is 1. The maximum absolute atomic E-state index is 14.1. The first-order valence-corrected chi connectivity index (χ1v) is 13.2. The Morgan fingerprint density at radius 2 is 2.00 bits per heavy atom. The topological polar surface area (TPSA) is 124 Å². The molecule has 10 nitrogen and oxygen atoms in total. The highest BCUT2D eigenvalue weighted by Gasteiger charge is 2.48. The summed E-state index contributed by atoms with van der Waals surface area (Å²) in [4.78, 5) is 29.1. The Morgan fingerprint density at radius 3 is 2.89 bits per heavy atom. The number of aromatic amines is 1. The molecule has 2 aromatic carbocycles. The predicted octanol–water partition coefficient (Wildman–Crippen LogP) is 3.67. The lowest BCUT2D eigenvalue weighted by atomic mass is 9.81. The molecule has 6 rings (SSSR count). The fourth-order valence-corrected chi connectivity index (χ4v) is 6.49. The summed E-state index contributed by atoms with van der Waals surface area (Å²) >= 11 is 0. The average molecular weight is 504 g/mol. The number of nitrogens with zero attached hydrogens (tertiary/aromatic N) is 3. The molecule has 194 valence electrons. The van der Waals surface area contributed by atoms with Gasteiger partial charge in [0.15, 0.2) is 0 Å². The molecular formula is C27H33N7O3. The van der Waals surface area contributed by atoms with E-state index in [0.717, 1.165) is 55.4 Å². The van der Waals surface area contributed by atoms with Crippen LogP contribution in [0.2, 0.25) is 0 Å². The number of benzene rings is 2. The molecular weight excluding hydrogens is 470 g/mol. The number of hydrogen-bond acceptors (Lipinski definition) is 6. The molecule has 2 aliphatic heterocycles. The van der Waals surface area contributed by atoms with Crippen LogP contribution in [0.4, 0.5) is 16.2 Å². The number of aromatic nitrogens is 3. The molecule has 4 N–H and O–H groups in total. The van der Waals surface area contributed by atoms with Gasteiger partial charge in [0.05, 0.1) is 30.1 Å². The number of nitrogens with one attached hydrogen (secondary N) is 4. The lowest BCUT2D eigenvalue weighted by Crippen LogP contribution is -2.51. The van der Waals surface area contributed by atoms with E-state index in [4.69, 9.17) is 4.74 Å². The summed E-state index contributed by atoms with van der Waals surface area (Å²) < 4.78 is 5.52. The Kier molecular flexibility index (Phi) is 6.42. The number of fused-ring (bicyclic) bond motifs is 4. The number of anilines is 2. The predicted molar refractivity (Wildman–Crippen MR) is 140 cm³/mol. The molecule has 5 atom stereocenters. The molecule has 0 bridgehead atoms. The van der Waals surface area contributed by atoms with E-state index in [1.54, 1.807) is 25.3 Å². The van der Waals surface area contributed by atoms with Crippen LogP contribution in [0.3, 0.4) is 0 Å². The first-order valence-electron chi connectivity index (χ1n) is 13.2. The fourth-order valence-electron chi connectivity index (χ4n) is 6.49. The molecule has 3 heterocycles. The third kappa shape index (κ3) is 4.50. The minimum atomic E-state index is -0.303. The van der Waals surface area contributed by atoms with Crippen LogP contribution in [0.15, 0.2) is 42.5 Å². The fraction of sp³-hybridized carbons (Fsp3) is 0.481. The number of rotatable bonds is 5. The van der Waals surface area contributed by atoms with Crippen molar-refractivity contribution in [2.75, 3.05) is 30.9 Å². The van der Waals surface area contributed by atoms with Gasteiger partial charge in [-0.05, 0) is 49.1 Å². The highest BCUT2D eigenvalue weighted by atomic mass is 16.5. The summed E-state index contributed by atoms with van der Waals surface area (Å²) in [5.74, 6) is 0.208. The number of carbonyl (C=O) groups is 2. The van der Waals surface area contributed by atoms with Crippen LogP contribution in [0.5, 0.6) is 0 Å². The Balaban J connectivity index is 1.19. The molecule has 3 aliphatic rings. The summed E-state index contributed by atoms with van der Waals surface area (Å²) in [5.41, 5.74) is 4.38. The van der Waals surface area contributed by atoms with Crippen LogP contribution in [-0.4, -0.2) is 64.6 Å². The zero-order valence-corrected chi connectivity index (χ0v) is 20.9. The lowest BCUT2D eigenvalue weighted by Gasteiger charge is -2.41. The van der Waals surface area contributed by atoms with E-state index >= 15 is 0 Å². The number of hydrogen-bond donors (Lipinski definition) is 4. The zero-order valence-electron chi connectivity index (χ0n) is 20.9. The van der Waals surface area contributed by atoms with Crippen LogP contribution in [0, 0.1) is 11.8 Å². The van der Waals surface area contributed by atoms with Crippen molar-refractivity contribution in [3.05, 3.63) is 48.0 Å². The quantitative estimate of drug-likeness (QED) is 0.421. The summed E-state index contributed by atoms with van der Waals surface area (Å²) in [6.45, 7) is 1.32. The Morgan fingerprint density at radius 1 is 1.14 bits per heavy atom. The van der Waals surface area contributed by atoms with Crippen molar-refractivity contribution in [3.63, 3.8) is 0 Å². The molecule has 0 unspecified atom stereocenters. The molecule has 2 fully saturated rings. The number of methoxy groups -OCH3 is 1. The van der Waals surface area contributed by atoms with E-state index in [1.807, 2.05) is 12.1 Å². The standard InChI is InChI=1S/C27H33N7O3/c1-37-15-24-18-12-13-34(25(18)17-6-2-4-8-20(17)29-24)26(35)19-7-3-5-9-21(19)30-27(36)28-16-10-11-22-23(14-16)32-33-31-22/h2,4,6,8,10-11,14,18-19,21,24-25,29H,3,5,7,9,12-13,15H2,1H3,(H2,28,30,36)(H,31,32,33)/t18-,19+,21-,24+,25+/m1/s1. The van der Waals surface area contributed by atoms with Crippen LogP contribution in [-0.2, 0) is 9.53 Å². The van der Waals surface area contributed by atoms with Crippen LogP contribution < -0.4 is 16.0 Å². The Bertz CT molecular complexity index is 1290. The smallest absolute Gasteiger partial charge is 0.319 e. The molecule has 0 spiro atoms. The van der Waals surface area contributed by atoms with Crippen molar-refractivity contribution in [3.8, 4) is 0 Å². The van der Waals surface area contributed by atoms with Gasteiger partial charge in [-0.25, -0.2) is 4.79 Å². The third-order valence-corrected chi connectivity index (χ3v) is 8.19. The Hall–Kier alpha value is -3.66. The van der Waals surface area contributed by atoms with Gasteiger partial charge in [-0.3, -0.25) is 9.89 Å². The molecule has 3 aromatic rings. The van der Waals surface area contributed by atoms with Crippen molar-refractivity contribution < 1.29 is 14.3 Å². The van der Waals surface area contributed by atoms with Gasteiger partial charge < -0.3 is 25.6 Å². The first-order chi connectivity index (χ1) is 18.1. The van der Waals surface area contributed by atoms with E-state index in [0.29, 0.717) is 18.2 Å². The second-order valence-electron chi connectivity index (χ2n) is 10.4. The number of carbonyl (C=O) groups excluding carboxylic acids is 2. The maximum Gasteiger partial charge on any atom is 0.319 e. The van der Waals surface area contributed by atoms with Crippen LogP contribution in [0.25, 0.3) is 11.0 Å². The van der Waals surface area contributed by atoms with Gasteiger partial charge in [-0.1, -0.05) is 36.3 Å². The highest BCUT2D eigenvalue weighted by molar-refractivity contribution is 5.92. The zero-order chi connectivity index (χ0) is 25.4. The van der Waals surface area contributed by atoms with Gasteiger partial charge in [0.1, 0.15) is 5.52 Å². The molecule has 1 aromatic heterocycles. The number of ether oxygens (including phenoxy) is 1. The van der Waals surface area contributed by atoms with Gasteiger partial charge in [0.25, 0.3) is 0 Å². The highest BCUT2D eigenvalue weighted by Crippen LogP contribution is 2.47. The van der Waals surface area contributed by atoms with E-state index in [1.165, 1.54) is 5.56 Å². The molecule has 1 aliphatic carbocycles. The second kappa shape index (κ2) is 10.0. The van der Waals surface area contributed by atoms with Crippen molar-refractivity contribution in [1.82, 2.24) is 25.6 Å². The summed E-state index contributed by atoms with van der Waals surface area (Å²) in [6.07, 6.45) is 4.49. The minimum Gasteiger partial charge on any atom is -0.383 e. The van der Waals surface area contributed by atoms with Gasteiger partial charge >= 0.3 is 6.03 Å². The summed E-state index contributed by atoms with van der Waals surface area (Å²) in [6, 6.07) is 13.4. The summed E-state index contributed by atoms with van der Waals surface area (Å²) in [5, 5.41) is 20.2. The van der Waals surface area contributed by atoms with Crippen molar-refractivity contribution in [2.24, 2.45) is 11.8 Å². The van der Waals surface area contributed by atoms with E-state index in [2.05, 4.69) is 48.4 Å². The SMILES string of the molecule is COC[C@@H]1Nc2ccccc2[C@H]2[C@@H]1CCN2C(=O)[C@H]1CCCC[C@H]1NC(=O)Nc1ccc2nn[nH]c2c1. The number of H-pyrrole nitrogens is 1. The number of amides is 3. The number of urea groups is 1. The van der Waals surface area contributed by atoms with Gasteiger partial charge in [0.2, 0.25) is 5.91 Å². The van der Waals surface area contributed by atoms with E-state index in [9.17, 15) is 9.59 Å². The maximum atomic E-state index is 14.1. The molecule has 10 heteroatoms. The molecule has 1 saturated heterocycles. The van der Waals surface area contributed by atoms with Crippen LogP contribution in [0.1, 0.15) is 43.7 Å². The Labute approximate surface area is 215 Å². The summed E-state index contributed by atoms with van der Waals surface area (Å²) in [7, 11) is 1.72. The average Bonchev–Trinajstić information content (AvgIpc) is 3.56. The molecule has 0 radical (unpaired) electrons. The first kappa shape index (κ1) is 23.7. The monoisotopic (exact) mass is 503 g/mol. The second-order valence-corrected chi connectivity index (χ2v) is 10.4. The van der Waals surface area contributed by atoms with E-state index in [-0.39, 0.29) is 36.0 Å². The molecule has 37 heavy (non-hydrogen) atoms. The molecule has 1 saturated carbocycles. The molecule has 3 amide bonds. The normalized spacial score (nSPS) is 26.7. The third-order valence-electron chi connectivity index (χ3n) is 8.19. The van der Waals surface area contributed by atoms with Crippen molar-refractivity contribution in [2.45, 2.75) is 50.2 Å². The van der Waals surface area contributed by atoms with Gasteiger partial charge in [-0.2, -0.15) is 0 Å².